The number of hydrogen-bond acceptors (Lipinski definition) is 8. The Balaban J connectivity index is 1.32. The molecular formula is C24H27BN8O2. The van der Waals surface area contributed by atoms with Gasteiger partial charge in [-0.25, -0.2) is 19.7 Å². The second-order valence-corrected chi connectivity index (χ2v) is 8.76. The standard InChI is InChI=1S/C24H27BN8O2/c25-19-13-30-33-21(27-10-17-11-28-23(26)29-12-17)9-20(31-22(19)33)18-7-4-8-32(14-18)24(34)35-15-16-5-2-1-3-6-16/h1-3,5-6,9,11-13,18,27H,4,7-8,10,14-15,25H2,(H2,26,28,29). The third kappa shape index (κ3) is 5.18. The van der Waals surface area contributed by atoms with Crippen molar-refractivity contribution in [3.63, 3.8) is 0 Å². The predicted molar refractivity (Wildman–Crippen MR) is 135 cm³/mol. The SMILES string of the molecule is Bc1cnn2c(NCc3cnc(N)nc3)cc(C3CCCN(C(=O)OCc4ccccc4)C3)nc12. The molecule has 1 fully saturated rings. The number of nitrogens with zero attached hydrogens (tertiary/aromatic N) is 6. The number of hydrogen-bond donors (Lipinski definition) is 2. The van der Waals surface area contributed by atoms with E-state index in [-0.39, 0.29) is 24.6 Å². The number of amides is 1. The highest BCUT2D eigenvalue weighted by Crippen LogP contribution is 2.28. The molecule has 0 saturated carbocycles. The van der Waals surface area contributed by atoms with Gasteiger partial charge in [0.1, 0.15) is 20.3 Å². The smallest absolute Gasteiger partial charge is 0.410 e. The summed E-state index contributed by atoms with van der Waals surface area (Å²) in [6, 6.07) is 11.7. The fourth-order valence-electron chi connectivity index (χ4n) is 4.27. The van der Waals surface area contributed by atoms with Crippen molar-refractivity contribution in [1.29, 1.82) is 0 Å². The molecule has 0 spiro atoms. The number of nitrogens with two attached hydrogens (primary N) is 1. The Morgan fingerprint density at radius 2 is 1.97 bits per heavy atom. The Labute approximate surface area is 204 Å². The predicted octanol–water partition coefficient (Wildman–Crippen LogP) is 1.49. The van der Waals surface area contributed by atoms with Crippen LogP contribution in [0.25, 0.3) is 5.65 Å². The monoisotopic (exact) mass is 470 g/mol. The molecular weight excluding hydrogens is 443 g/mol. The summed E-state index contributed by atoms with van der Waals surface area (Å²) in [6.07, 6.45) is 6.75. The van der Waals surface area contributed by atoms with Gasteiger partial charge < -0.3 is 20.7 Å². The Morgan fingerprint density at radius 3 is 2.77 bits per heavy atom. The quantitative estimate of drug-likeness (QED) is 0.407. The first-order valence-electron chi connectivity index (χ1n) is 11.7. The molecule has 3 aromatic heterocycles. The van der Waals surface area contributed by atoms with Gasteiger partial charge in [-0.05, 0) is 23.9 Å². The average Bonchev–Trinajstić information content (AvgIpc) is 3.28. The highest BCUT2D eigenvalue weighted by Gasteiger charge is 2.27. The molecule has 11 heteroatoms. The maximum absolute atomic E-state index is 12.8. The zero-order valence-electron chi connectivity index (χ0n) is 19.6. The molecule has 0 radical (unpaired) electrons. The molecule has 5 rings (SSSR count). The van der Waals surface area contributed by atoms with E-state index in [1.54, 1.807) is 28.0 Å². The summed E-state index contributed by atoms with van der Waals surface area (Å²) in [6.45, 7) is 2.03. The average molecular weight is 470 g/mol. The molecule has 1 amide bonds. The molecule has 0 aliphatic carbocycles. The maximum Gasteiger partial charge on any atom is 0.410 e. The number of piperidine rings is 1. The first kappa shape index (κ1) is 22.6. The summed E-state index contributed by atoms with van der Waals surface area (Å²) in [7, 11) is 1.99. The van der Waals surface area contributed by atoms with Gasteiger partial charge in [0.15, 0.2) is 5.65 Å². The lowest BCUT2D eigenvalue weighted by atomic mass is 9.94. The summed E-state index contributed by atoms with van der Waals surface area (Å²) >= 11 is 0. The first-order valence-corrected chi connectivity index (χ1v) is 11.7. The van der Waals surface area contributed by atoms with E-state index in [0.29, 0.717) is 19.6 Å². The van der Waals surface area contributed by atoms with Crippen molar-refractivity contribution in [3.05, 3.63) is 71.8 Å². The molecule has 4 aromatic rings. The Bertz CT molecular complexity index is 1310. The second-order valence-electron chi connectivity index (χ2n) is 8.76. The highest BCUT2D eigenvalue weighted by molar-refractivity contribution is 6.36. The van der Waals surface area contributed by atoms with Gasteiger partial charge >= 0.3 is 6.09 Å². The lowest BCUT2D eigenvalue weighted by Crippen LogP contribution is -2.39. The molecule has 0 bridgehead atoms. The molecule has 35 heavy (non-hydrogen) atoms. The van der Waals surface area contributed by atoms with Gasteiger partial charge in [-0.1, -0.05) is 30.3 Å². The van der Waals surface area contributed by atoms with E-state index in [9.17, 15) is 4.79 Å². The molecule has 1 unspecified atom stereocenters. The topological polar surface area (TPSA) is 124 Å². The van der Waals surface area contributed by atoms with Crippen LogP contribution in [-0.2, 0) is 17.9 Å². The van der Waals surface area contributed by atoms with Crippen molar-refractivity contribution >= 4 is 36.8 Å². The van der Waals surface area contributed by atoms with E-state index in [1.165, 1.54) is 0 Å². The molecule has 1 aliphatic heterocycles. The van der Waals surface area contributed by atoms with E-state index in [2.05, 4.69) is 20.4 Å². The molecule has 178 valence electrons. The lowest BCUT2D eigenvalue weighted by Gasteiger charge is -2.32. The van der Waals surface area contributed by atoms with Crippen LogP contribution in [0.15, 0.2) is 55.0 Å². The number of carbonyl (C=O) groups is 1. The number of likely N-dealkylation sites (tertiary alicyclic amines) is 1. The van der Waals surface area contributed by atoms with Crippen molar-refractivity contribution < 1.29 is 9.53 Å². The number of ether oxygens (including phenoxy) is 1. The Morgan fingerprint density at radius 1 is 1.17 bits per heavy atom. The van der Waals surface area contributed by atoms with Crippen LogP contribution in [-0.4, -0.2) is 56.5 Å². The Kier molecular flexibility index (Phi) is 6.47. The third-order valence-electron chi connectivity index (χ3n) is 6.17. The molecule has 1 aliphatic rings. The fraction of sp³-hybridized carbons (Fsp3) is 0.292. The first-order chi connectivity index (χ1) is 17.1. The number of rotatable bonds is 6. The highest BCUT2D eigenvalue weighted by atomic mass is 16.6. The zero-order valence-corrected chi connectivity index (χ0v) is 19.6. The van der Waals surface area contributed by atoms with Gasteiger partial charge in [0.2, 0.25) is 5.95 Å². The van der Waals surface area contributed by atoms with Gasteiger partial charge in [0, 0.05) is 55.8 Å². The van der Waals surface area contributed by atoms with Crippen molar-refractivity contribution in [1.82, 2.24) is 29.5 Å². The van der Waals surface area contributed by atoms with Crippen LogP contribution in [0.3, 0.4) is 0 Å². The molecule has 4 heterocycles. The minimum absolute atomic E-state index is 0.104. The maximum atomic E-state index is 12.8. The normalized spacial score (nSPS) is 15.8. The summed E-state index contributed by atoms with van der Waals surface area (Å²) in [4.78, 5) is 27.6. The van der Waals surface area contributed by atoms with Gasteiger partial charge in [-0.15, -0.1) is 0 Å². The number of carbonyl (C=O) groups excluding carboxylic acids is 1. The molecule has 10 nitrogen and oxygen atoms in total. The van der Waals surface area contributed by atoms with E-state index < -0.39 is 0 Å². The summed E-state index contributed by atoms with van der Waals surface area (Å²) in [5.74, 6) is 1.17. The molecule has 1 aromatic carbocycles. The van der Waals surface area contributed by atoms with Crippen LogP contribution in [0.2, 0.25) is 0 Å². The summed E-state index contributed by atoms with van der Waals surface area (Å²) in [5, 5.41) is 7.91. The van der Waals surface area contributed by atoms with E-state index in [1.807, 2.05) is 44.2 Å². The van der Waals surface area contributed by atoms with E-state index >= 15 is 0 Å². The van der Waals surface area contributed by atoms with E-state index in [4.69, 9.17) is 15.5 Å². The summed E-state index contributed by atoms with van der Waals surface area (Å²) in [5.41, 5.74) is 10.2. The number of nitrogen functional groups attached to an aromatic ring is 1. The van der Waals surface area contributed by atoms with Crippen LogP contribution in [0.4, 0.5) is 16.6 Å². The minimum atomic E-state index is -0.290. The van der Waals surface area contributed by atoms with Crippen molar-refractivity contribution in [2.24, 2.45) is 0 Å². The summed E-state index contributed by atoms with van der Waals surface area (Å²) < 4.78 is 7.37. The van der Waals surface area contributed by atoms with E-state index in [0.717, 1.165) is 46.6 Å². The second kappa shape index (κ2) is 10.0. The number of anilines is 2. The zero-order chi connectivity index (χ0) is 24.2. The molecule has 3 N–H and O–H groups in total. The molecule has 1 atom stereocenters. The van der Waals surface area contributed by atoms with Gasteiger partial charge in [-0.3, -0.25) is 0 Å². The fourth-order valence-corrected chi connectivity index (χ4v) is 4.27. The van der Waals surface area contributed by atoms with Crippen molar-refractivity contribution in [3.8, 4) is 0 Å². The van der Waals surface area contributed by atoms with Gasteiger partial charge in [0.05, 0.1) is 5.69 Å². The number of nitrogens with one attached hydrogen (secondary N) is 1. The van der Waals surface area contributed by atoms with Crippen LogP contribution in [0.5, 0.6) is 0 Å². The lowest BCUT2D eigenvalue weighted by molar-refractivity contribution is 0.0856. The molecule has 1 saturated heterocycles. The van der Waals surface area contributed by atoms with Crippen molar-refractivity contribution in [2.75, 3.05) is 24.1 Å². The Hall–Kier alpha value is -4.15. The van der Waals surface area contributed by atoms with Crippen molar-refractivity contribution in [2.45, 2.75) is 31.9 Å². The van der Waals surface area contributed by atoms with Gasteiger partial charge in [-0.2, -0.15) is 9.61 Å². The van der Waals surface area contributed by atoms with Gasteiger partial charge in [0.25, 0.3) is 0 Å². The van der Waals surface area contributed by atoms with Crippen LogP contribution in [0, 0.1) is 0 Å². The third-order valence-corrected chi connectivity index (χ3v) is 6.17. The van der Waals surface area contributed by atoms with Crippen LogP contribution >= 0.6 is 0 Å². The minimum Gasteiger partial charge on any atom is -0.445 e. The number of aromatic nitrogens is 5. The number of fused-ring (bicyclic) bond motifs is 1. The largest absolute Gasteiger partial charge is 0.445 e. The van der Waals surface area contributed by atoms with Crippen LogP contribution in [0.1, 0.15) is 35.6 Å². The van der Waals surface area contributed by atoms with Crippen LogP contribution < -0.4 is 16.5 Å². The number of benzene rings is 1.